The average Bonchev–Trinajstić information content (AvgIpc) is 3.43. The standard InChI is InChI=1S/C32H28BrNO9S3/c1-15-12-13-17-19(14-15)34(26(35)16-10-8-9-11-18(16)33)31(2,3)25-20(17)32(21(27(36)40-4)22(44-25)28(37)41-5)45-23(29(38)42-6)24(46-32)30(39)43-7/h8-14H,1-7H3. The quantitative estimate of drug-likeness (QED) is 0.264. The molecule has 14 heteroatoms. The normalized spacial score (nSPS) is 17.8. The maximum atomic E-state index is 14.5. The summed E-state index contributed by atoms with van der Waals surface area (Å²) >= 11 is 6.27. The van der Waals surface area contributed by atoms with Crippen molar-refractivity contribution in [3.8, 4) is 0 Å². The van der Waals surface area contributed by atoms with Crippen LogP contribution >= 0.6 is 51.2 Å². The number of nitrogens with zero attached hydrogens (tertiary/aromatic N) is 1. The Labute approximate surface area is 286 Å². The molecule has 2 aromatic rings. The van der Waals surface area contributed by atoms with Crippen LogP contribution in [-0.4, -0.2) is 67.8 Å². The monoisotopic (exact) mass is 745 g/mol. The van der Waals surface area contributed by atoms with Crippen molar-refractivity contribution in [3.05, 3.63) is 88.8 Å². The summed E-state index contributed by atoms with van der Waals surface area (Å²) in [5.41, 5.74) is 1.58. The number of anilines is 1. The largest absolute Gasteiger partial charge is 0.466 e. The number of rotatable bonds is 5. The second-order valence-electron chi connectivity index (χ2n) is 10.7. The highest BCUT2D eigenvalue weighted by Crippen LogP contribution is 2.71. The molecule has 2 aromatic carbocycles. The summed E-state index contributed by atoms with van der Waals surface area (Å²) in [6.45, 7) is 5.56. The molecule has 0 N–H and O–H groups in total. The van der Waals surface area contributed by atoms with Gasteiger partial charge >= 0.3 is 23.9 Å². The Morgan fingerprint density at radius 1 is 0.761 bits per heavy atom. The van der Waals surface area contributed by atoms with Gasteiger partial charge < -0.3 is 18.9 Å². The van der Waals surface area contributed by atoms with Gasteiger partial charge in [-0.25, -0.2) is 19.2 Å². The highest BCUT2D eigenvalue weighted by atomic mass is 79.9. The molecule has 3 aliphatic heterocycles. The van der Waals surface area contributed by atoms with Crippen molar-refractivity contribution in [2.24, 2.45) is 0 Å². The van der Waals surface area contributed by atoms with Gasteiger partial charge in [-0.2, -0.15) is 0 Å². The zero-order valence-corrected chi connectivity index (χ0v) is 29.8. The van der Waals surface area contributed by atoms with Gasteiger partial charge in [0, 0.05) is 20.5 Å². The van der Waals surface area contributed by atoms with Crippen molar-refractivity contribution in [2.75, 3.05) is 33.3 Å². The Hall–Kier alpha value is -3.46. The van der Waals surface area contributed by atoms with Gasteiger partial charge in [-0.1, -0.05) is 59.6 Å². The molecule has 0 radical (unpaired) electrons. The molecular weight excluding hydrogens is 718 g/mol. The number of hydrogen-bond donors (Lipinski definition) is 0. The molecule has 0 fully saturated rings. The zero-order valence-electron chi connectivity index (χ0n) is 25.8. The third-order valence-electron chi connectivity index (χ3n) is 7.60. The summed E-state index contributed by atoms with van der Waals surface area (Å²) in [6.07, 6.45) is 0. The Morgan fingerprint density at radius 2 is 1.30 bits per heavy atom. The van der Waals surface area contributed by atoms with Gasteiger partial charge in [0.25, 0.3) is 5.91 Å². The van der Waals surface area contributed by atoms with E-state index in [1.807, 2.05) is 45.0 Å². The van der Waals surface area contributed by atoms with E-state index in [-0.39, 0.29) is 26.2 Å². The molecule has 3 aliphatic rings. The van der Waals surface area contributed by atoms with Crippen LogP contribution in [0.25, 0.3) is 5.57 Å². The third-order valence-corrected chi connectivity index (χ3v) is 12.9. The number of ether oxygens (including phenoxy) is 4. The van der Waals surface area contributed by atoms with Crippen LogP contribution in [-0.2, 0) is 38.1 Å². The first kappa shape index (κ1) is 33.9. The fraction of sp³-hybridized carbons (Fsp3) is 0.281. The van der Waals surface area contributed by atoms with Gasteiger partial charge in [-0.05, 0) is 60.5 Å². The molecule has 10 nitrogen and oxygen atoms in total. The molecule has 46 heavy (non-hydrogen) atoms. The predicted molar refractivity (Wildman–Crippen MR) is 181 cm³/mol. The molecular formula is C32H28BrNO9S3. The van der Waals surface area contributed by atoms with E-state index in [1.54, 1.807) is 23.1 Å². The van der Waals surface area contributed by atoms with Crippen molar-refractivity contribution >= 4 is 92.3 Å². The Kier molecular flexibility index (Phi) is 9.30. The number of methoxy groups -OCH3 is 4. The Bertz CT molecular complexity index is 1800. The lowest BCUT2D eigenvalue weighted by Gasteiger charge is -2.50. The lowest BCUT2D eigenvalue weighted by Crippen LogP contribution is -2.54. The summed E-state index contributed by atoms with van der Waals surface area (Å²) in [5, 5.41) is 0. The average molecular weight is 747 g/mol. The fourth-order valence-electron chi connectivity index (χ4n) is 5.54. The van der Waals surface area contributed by atoms with Crippen molar-refractivity contribution in [1.29, 1.82) is 0 Å². The minimum Gasteiger partial charge on any atom is -0.466 e. The molecule has 0 bridgehead atoms. The number of aryl methyl sites for hydroxylation is 1. The first-order valence-corrected chi connectivity index (χ1v) is 16.9. The molecule has 1 spiro atoms. The third kappa shape index (κ3) is 5.19. The molecule has 0 aliphatic carbocycles. The first-order valence-electron chi connectivity index (χ1n) is 13.6. The van der Waals surface area contributed by atoms with E-state index in [0.29, 0.717) is 31.8 Å². The van der Waals surface area contributed by atoms with Crippen molar-refractivity contribution in [3.63, 3.8) is 0 Å². The molecule has 0 saturated heterocycles. The van der Waals surface area contributed by atoms with E-state index in [1.165, 1.54) is 28.4 Å². The molecule has 1 amide bonds. The highest BCUT2D eigenvalue weighted by molar-refractivity contribution is 9.10. The first-order chi connectivity index (χ1) is 21.8. The van der Waals surface area contributed by atoms with Crippen LogP contribution in [0.1, 0.15) is 35.3 Å². The van der Waals surface area contributed by atoms with Crippen molar-refractivity contribution in [2.45, 2.75) is 30.4 Å². The topological polar surface area (TPSA) is 126 Å². The van der Waals surface area contributed by atoms with Gasteiger partial charge in [-0.3, -0.25) is 9.69 Å². The van der Waals surface area contributed by atoms with E-state index < -0.39 is 33.5 Å². The van der Waals surface area contributed by atoms with Crippen LogP contribution in [0.3, 0.4) is 0 Å². The maximum absolute atomic E-state index is 14.5. The minimum atomic E-state index is -1.64. The fourth-order valence-corrected chi connectivity index (χ4v) is 11.1. The number of benzene rings is 2. The second-order valence-corrected chi connectivity index (χ2v) is 15.2. The SMILES string of the molecule is COC(=O)C1=C(C(=O)OC)SC2(S1)C(C(=O)OC)=C(C(=O)OC)SC1=C2c2ccc(C)cc2N(C(=O)c2ccccc2Br)C1(C)C. The van der Waals surface area contributed by atoms with Crippen LogP contribution in [0.15, 0.2) is 72.1 Å². The number of amides is 1. The second kappa shape index (κ2) is 12.6. The maximum Gasteiger partial charge on any atom is 0.345 e. The van der Waals surface area contributed by atoms with E-state index in [2.05, 4.69) is 15.9 Å². The lowest BCUT2D eigenvalue weighted by atomic mass is 9.82. The number of esters is 4. The molecule has 0 unspecified atom stereocenters. The molecule has 3 heterocycles. The number of carbonyl (C=O) groups is 5. The van der Waals surface area contributed by atoms with Crippen molar-refractivity contribution < 1.29 is 42.9 Å². The van der Waals surface area contributed by atoms with Crippen LogP contribution in [0.2, 0.25) is 0 Å². The lowest BCUT2D eigenvalue weighted by molar-refractivity contribution is -0.138. The number of hydrogen-bond acceptors (Lipinski definition) is 12. The van der Waals surface area contributed by atoms with E-state index in [9.17, 15) is 24.0 Å². The van der Waals surface area contributed by atoms with Crippen LogP contribution in [0.5, 0.6) is 0 Å². The summed E-state index contributed by atoms with van der Waals surface area (Å²) in [4.78, 5) is 70.0. The van der Waals surface area contributed by atoms with Gasteiger partial charge in [0.05, 0.1) is 50.8 Å². The Balaban J connectivity index is 1.90. The minimum absolute atomic E-state index is 0.109. The molecule has 0 aromatic heterocycles. The summed E-state index contributed by atoms with van der Waals surface area (Å²) in [6, 6.07) is 12.6. The smallest absolute Gasteiger partial charge is 0.345 e. The molecule has 0 saturated carbocycles. The van der Waals surface area contributed by atoms with Crippen molar-refractivity contribution in [1.82, 2.24) is 0 Å². The summed E-state index contributed by atoms with van der Waals surface area (Å²) < 4.78 is 19.4. The van der Waals surface area contributed by atoms with E-state index in [0.717, 1.165) is 40.8 Å². The zero-order chi connectivity index (χ0) is 33.7. The van der Waals surface area contributed by atoms with E-state index >= 15 is 0 Å². The van der Waals surface area contributed by atoms with Crippen LogP contribution < -0.4 is 4.90 Å². The predicted octanol–water partition coefficient (Wildman–Crippen LogP) is 5.99. The number of thioether (sulfide) groups is 3. The number of fused-ring (bicyclic) bond motifs is 3. The Morgan fingerprint density at radius 3 is 1.85 bits per heavy atom. The highest BCUT2D eigenvalue weighted by Gasteiger charge is 2.61. The van der Waals surface area contributed by atoms with Crippen LogP contribution in [0, 0.1) is 6.92 Å². The number of carbonyl (C=O) groups excluding carboxylic acids is 5. The summed E-state index contributed by atoms with van der Waals surface area (Å²) in [7, 11) is 4.70. The van der Waals surface area contributed by atoms with E-state index in [4.69, 9.17) is 18.9 Å². The van der Waals surface area contributed by atoms with Crippen LogP contribution in [0.4, 0.5) is 5.69 Å². The molecule has 5 rings (SSSR count). The number of halogens is 1. The van der Waals surface area contributed by atoms with Gasteiger partial charge in [0.2, 0.25) is 0 Å². The summed E-state index contributed by atoms with van der Waals surface area (Å²) in [5.74, 6) is -3.68. The molecule has 0 atom stereocenters. The van der Waals surface area contributed by atoms with Gasteiger partial charge in [-0.15, -0.1) is 0 Å². The van der Waals surface area contributed by atoms with Gasteiger partial charge in [0.1, 0.15) is 18.8 Å². The molecule has 240 valence electrons. The van der Waals surface area contributed by atoms with Gasteiger partial charge in [0.15, 0.2) is 0 Å².